The first kappa shape index (κ1) is 20.4. The van der Waals surface area contributed by atoms with E-state index in [1.54, 1.807) is 59.4 Å². The highest BCUT2D eigenvalue weighted by Gasteiger charge is 2.19. The second-order valence-electron chi connectivity index (χ2n) is 7.87. The van der Waals surface area contributed by atoms with Crippen LogP contribution in [0.2, 0.25) is 0 Å². The number of fused-ring (bicyclic) bond motifs is 2. The topological polar surface area (TPSA) is 110 Å². The van der Waals surface area contributed by atoms with Gasteiger partial charge < -0.3 is 14.8 Å². The van der Waals surface area contributed by atoms with Crippen molar-refractivity contribution in [1.29, 1.82) is 0 Å². The average molecular weight is 440 g/mol. The fourth-order valence-electron chi connectivity index (χ4n) is 3.94. The minimum absolute atomic E-state index is 0.168. The zero-order valence-electron chi connectivity index (χ0n) is 17.9. The molecule has 33 heavy (non-hydrogen) atoms. The molecule has 0 aliphatic carbocycles. The van der Waals surface area contributed by atoms with Gasteiger partial charge in [0.1, 0.15) is 11.3 Å². The summed E-state index contributed by atoms with van der Waals surface area (Å²) in [6.07, 6.45) is 3.37. The lowest BCUT2D eigenvalue weighted by Gasteiger charge is -2.19. The smallest absolute Gasteiger partial charge is 0.337 e. The van der Waals surface area contributed by atoms with Gasteiger partial charge in [0.15, 0.2) is 16.8 Å². The molecule has 0 aliphatic heterocycles. The van der Waals surface area contributed by atoms with Crippen molar-refractivity contribution in [3.63, 3.8) is 0 Å². The van der Waals surface area contributed by atoms with Gasteiger partial charge in [-0.25, -0.2) is 14.3 Å². The maximum Gasteiger partial charge on any atom is 0.337 e. The standard InChI is InChI=1S/C25H20N4O4/c1-14-11-17(15(2)27-19-6-4-3-5-16(19)25(31)32)24-18(12-14)21(30)13-22(33-24)20-7-8-23-26-9-10-29(23)28-20/h3-13,15,27H,1-2H3,(H,31,32). The Kier molecular flexibility index (Phi) is 4.90. The highest BCUT2D eigenvalue weighted by atomic mass is 16.4. The lowest BCUT2D eigenvalue weighted by molar-refractivity contribution is 0.0698. The third-order valence-corrected chi connectivity index (χ3v) is 5.51. The third kappa shape index (κ3) is 3.71. The van der Waals surface area contributed by atoms with Crippen molar-refractivity contribution >= 4 is 28.3 Å². The van der Waals surface area contributed by atoms with Crippen molar-refractivity contribution in [2.75, 3.05) is 5.32 Å². The SMILES string of the molecule is Cc1cc(C(C)Nc2ccccc2C(=O)O)c2oc(-c3ccc4nccn4n3)cc(=O)c2c1. The van der Waals surface area contributed by atoms with E-state index >= 15 is 0 Å². The number of anilines is 1. The van der Waals surface area contributed by atoms with Crippen LogP contribution < -0.4 is 10.7 Å². The zero-order chi connectivity index (χ0) is 23.1. The highest BCUT2D eigenvalue weighted by molar-refractivity contribution is 5.94. The van der Waals surface area contributed by atoms with Gasteiger partial charge in [0.05, 0.1) is 17.0 Å². The molecule has 164 valence electrons. The van der Waals surface area contributed by atoms with Crippen molar-refractivity contribution < 1.29 is 14.3 Å². The molecule has 1 atom stereocenters. The summed E-state index contributed by atoms with van der Waals surface area (Å²) in [7, 11) is 0. The summed E-state index contributed by atoms with van der Waals surface area (Å²) < 4.78 is 7.84. The molecule has 0 saturated carbocycles. The molecule has 0 spiro atoms. The van der Waals surface area contributed by atoms with Gasteiger partial charge in [0.2, 0.25) is 0 Å². The maximum absolute atomic E-state index is 13.0. The van der Waals surface area contributed by atoms with Crippen molar-refractivity contribution in [3.05, 3.63) is 93.9 Å². The van der Waals surface area contributed by atoms with Crippen LogP contribution in [0.25, 0.3) is 28.1 Å². The lowest BCUT2D eigenvalue weighted by atomic mass is 10.0. The number of aromatic carboxylic acids is 1. The van der Waals surface area contributed by atoms with E-state index < -0.39 is 5.97 Å². The van der Waals surface area contributed by atoms with Crippen LogP contribution in [0, 0.1) is 6.92 Å². The van der Waals surface area contributed by atoms with Crippen molar-refractivity contribution in [2.24, 2.45) is 0 Å². The number of para-hydroxylation sites is 1. The number of hydrogen-bond acceptors (Lipinski definition) is 6. The van der Waals surface area contributed by atoms with Gasteiger partial charge in [0, 0.05) is 29.7 Å². The molecule has 2 N–H and O–H groups in total. The Morgan fingerprint density at radius 3 is 2.79 bits per heavy atom. The minimum atomic E-state index is -1.02. The lowest BCUT2D eigenvalue weighted by Crippen LogP contribution is -2.12. The van der Waals surface area contributed by atoms with E-state index in [0.717, 1.165) is 11.1 Å². The summed E-state index contributed by atoms with van der Waals surface area (Å²) in [5.41, 5.74) is 3.74. The Morgan fingerprint density at radius 2 is 1.97 bits per heavy atom. The fourth-order valence-corrected chi connectivity index (χ4v) is 3.94. The number of carboxylic acids is 1. The Hall–Kier alpha value is -4.46. The number of imidazole rings is 1. The van der Waals surface area contributed by atoms with Gasteiger partial charge in [-0.15, -0.1) is 0 Å². The van der Waals surface area contributed by atoms with E-state index in [1.165, 1.54) is 6.07 Å². The second-order valence-corrected chi connectivity index (χ2v) is 7.87. The summed E-state index contributed by atoms with van der Waals surface area (Å²) in [5, 5.41) is 17.7. The van der Waals surface area contributed by atoms with Gasteiger partial charge >= 0.3 is 5.97 Å². The molecule has 8 heteroatoms. The van der Waals surface area contributed by atoms with Crippen LogP contribution in [0.3, 0.4) is 0 Å². The molecular formula is C25H20N4O4. The largest absolute Gasteiger partial charge is 0.478 e. The zero-order valence-corrected chi connectivity index (χ0v) is 17.9. The van der Waals surface area contributed by atoms with Gasteiger partial charge in [-0.1, -0.05) is 18.2 Å². The number of aryl methyl sites for hydroxylation is 1. The van der Waals surface area contributed by atoms with Crippen LogP contribution in [0.4, 0.5) is 5.69 Å². The van der Waals surface area contributed by atoms with Gasteiger partial charge in [-0.2, -0.15) is 5.10 Å². The first-order valence-corrected chi connectivity index (χ1v) is 10.4. The van der Waals surface area contributed by atoms with Crippen LogP contribution >= 0.6 is 0 Å². The normalized spacial score (nSPS) is 12.2. The number of benzene rings is 2. The molecule has 0 aliphatic rings. The summed E-state index contributed by atoms with van der Waals surface area (Å²) in [6.45, 7) is 3.80. The average Bonchev–Trinajstić information content (AvgIpc) is 3.27. The fraction of sp³-hybridized carbons (Fsp3) is 0.120. The molecule has 8 nitrogen and oxygen atoms in total. The van der Waals surface area contributed by atoms with Gasteiger partial charge in [0.25, 0.3) is 0 Å². The summed E-state index contributed by atoms with van der Waals surface area (Å²) in [5.74, 6) is -0.680. The van der Waals surface area contributed by atoms with E-state index in [1.807, 2.05) is 19.9 Å². The summed E-state index contributed by atoms with van der Waals surface area (Å²) in [4.78, 5) is 28.8. The Morgan fingerprint density at radius 1 is 1.15 bits per heavy atom. The predicted molar refractivity (Wildman–Crippen MR) is 125 cm³/mol. The second kappa shape index (κ2) is 7.90. The molecule has 5 aromatic rings. The molecule has 0 amide bonds. The Bertz CT molecular complexity index is 1590. The molecular weight excluding hydrogens is 420 g/mol. The molecule has 2 aromatic carbocycles. The number of rotatable bonds is 5. The maximum atomic E-state index is 13.0. The number of nitrogens with zero attached hydrogens (tertiary/aromatic N) is 3. The molecule has 1 unspecified atom stereocenters. The van der Waals surface area contributed by atoms with Gasteiger partial charge in [-0.05, 0) is 49.7 Å². The van der Waals surface area contributed by atoms with E-state index in [-0.39, 0.29) is 17.0 Å². The van der Waals surface area contributed by atoms with Crippen LogP contribution in [0.1, 0.15) is 34.5 Å². The molecule has 3 aromatic heterocycles. The molecule has 0 radical (unpaired) electrons. The van der Waals surface area contributed by atoms with E-state index in [2.05, 4.69) is 15.4 Å². The minimum Gasteiger partial charge on any atom is -0.478 e. The Labute approximate surface area is 188 Å². The van der Waals surface area contributed by atoms with Crippen LogP contribution in [-0.4, -0.2) is 25.7 Å². The first-order valence-electron chi connectivity index (χ1n) is 10.4. The van der Waals surface area contributed by atoms with Crippen molar-refractivity contribution in [1.82, 2.24) is 14.6 Å². The number of hydrogen-bond donors (Lipinski definition) is 2. The van der Waals surface area contributed by atoms with E-state index in [4.69, 9.17) is 4.42 Å². The molecule has 0 bridgehead atoms. The number of carboxylic acid groups (broad SMARTS) is 1. The monoisotopic (exact) mass is 440 g/mol. The van der Waals surface area contributed by atoms with E-state index in [9.17, 15) is 14.7 Å². The number of aromatic nitrogens is 3. The van der Waals surface area contributed by atoms with Crippen molar-refractivity contribution in [3.8, 4) is 11.5 Å². The summed E-state index contributed by atoms with van der Waals surface area (Å²) in [6, 6.07) is 15.1. The molecule has 0 fully saturated rings. The predicted octanol–water partition coefficient (Wildman–Crippen LogP) is 4.68. The van der Waals surface area contributed by atoms with Crippen molar-refractivity contribution in [2.45, 2.75) is 19.9 Å². The van der Waals surface area contributed by atoms with Crippen LogP contribution in [0.5, 0.6) is 0 Å². The Balaban J connectivity index is 1.64. The molecule has 0 saturated heterocycles. The summed E-state index contributed by atoms with van der Waals surface area (Å²) >= 11 is 0. The highest BCUT2D eigenvalue weighted by Crippen LogP contribution is 2.31. The van der Waals surface area contributed by atoms with E-state index in [0.29, 0.717) is 33.8 Å². The first-order chi connectivity index (χ1) is 15.9. The van der Waals surface area contributed by atoms with Gasteiger partial charge in [-0.3, -0.25) is 4.79 Å². The number of carbonyl (C=O) groups is 1. The number of nitrogens with one attached hydrogen (secondary N) is 1. The van der Waals surface area contributed by atoms with Crippen LogP contribution in [-0.2, 0) is 0 Å². The van der Waals surface area contributed by atoms with Crippen LogP contribution in [0.15, 0.2) is 76.2 Å². The third-order valence-electron chi connectivity index (χ3n) is 5.51. The molecule has 3 heterocycles. The quantitative estimate of drug-likeness (QED) is 0.408. The molecule has 5 rings (SSSR count).